The van der Waals surface area contributed by atoms with E-state index >= 15 is 0 Å². The fourth-order valence-electron chi connectivity index (χ4n) is 1.70. The first-order valence-corrected chi connectivity index (χ1v) is 7.65. The average Bonchev–Trinajstić information content (AvgIpc) is 2.56. The standard InChI is InChI=1S/C17H24N2O6/c1-17(2,3)25-15(21)18(4)19(11-14(20)23-5)16(22)24-12-13-9-7-6-8-10-13/h6-10H,11-12H2,1-5H3. The summed E-state index contributed by atoms with van der Waals surface area (Å²) >= 11 is 0. The van der Waals surface area contributed by atoms with Gasteiger partial charge in [0.25, 0.3) is 0 Å². The molecule has 0 aliphatic heterocycles. The number of rotatable bonds is 4. The Morgan fingerprint density at radius 2 is 1.64 bits per heavy atom. The zero-order valence-corrected chi connectivity index (χ0v) is 15.1. The van der Waals surface area contributed by atoms with Crippen LogP contribution in [0.5, 0.6) is 0 Å². The Labute approximate surface area is 147 Å². The lowest BCUT2D eigenvalue weighted by Crippen LogP contribution is -2.51. The summed E-state index contributed by atoms with van der Waals surface area (Å²) in [5.41, 5.74) is 0.0183. The quantitative estimate of drug-likeness (QED) is 0.470. The second-order valence-electron chi connectivity index (χ2n) is 6.18. The smallest absolute Gasteiger partial charge is 0.429 e. The first-order valence-electron chi connectivity index (χ1n) is 7.65. The molecule has 1 rings (SSSR count). The Bertz CT molecular complexity index is 597. The third kappa shape index (κ3) is 7.11. The molecule has 25 heavy (non-hydrogen) atoms. The predicted molar refractivity (Wildman–Crippen MR) is 89.3 cm³/mol. The number of carbonyl (C=O) groups excluding carboxylic acids is 3. The largest absolute Gasteiger partial charge is 0.468 e. The zero-order chi connectivity index (χ0) is 19.0. The lowest BCUT2D eigenvalue weighted by molar-refractivity contribution is -0.145. The van der Waals surface area contributed by atoms with Gasteiger partial charge in [0, 0.05) is 7.05 Å². The van der Waals surface area contributed by atoms with Crippen molar-refractivity contribution in [1.29, 1.82) is 0 Å². The van der Waals surface area contributed by atoms with E-state index in [1.54, 1.807) is 32.9 Å². The van der Waals surface area contributed by atoms with Crippen molar-refractivity contribution in [3.8, 4) is 0 Å². The van der Waals surface area contributed by atoms with Crippen LogP contribution in [-0.4, -0.2) is 54.5 Å². The van der Waals surface area contributed by atoms with Crippen LogP contribution in [0.4, 0.5) is 9.59 Å². The summed E-state index contributed by atoms with van der Waals surface area (Å²) in [4.78, 5) is 36.0. The topological polar surface area (TPSA) is 85.4 Å². The van der Waals surface area contributed by atoms with E-state index in [4.69, 9.17) is 9.47 Å². The van der Waals surface area contributed by atoms with Crippen molar-refractivity contribution in [3.05, 3.63) is 35.9 Å². The number of esters is 1. The van der Waals surface area contributed by atoms with Crippen LogP contribution in [0.15, 0.2) is 30.3 Å². The van der Waals surface area contributed by atoms with Gasteiger partial charge in [0.2, 0.25) is 0 Å². The Morgan fingerprint density at radius 1 is 1.04 bits per heavy atom. The van der Waals surface area contributed by atoms with Crippen LogP contribution in [-0.2, 0) is 25.6 Å². The SMILES string of the molecule is COC(=O)CN(C(=O)OCc1ccccc1)N(C)C(=O)OC(C)(C)C. The molecule has 0 heterocycles. The summed E-state index contributed by atoms with van der Waals surface area (Å²) < 4.78 is 14.9. The number of benzene rings is 1. The Morgan fingerprint density at radius 3 is 2.16 bits per heavy atom. The fraction of sp³-hybridized carbons (Fsp3) is 0.471. The summed E-state index contributed by atoms with van der Waals surface area (Å²) in [6, 6.07) is 9.03. The van der Waals surface area contributed by atoms with E-state index in [9.17, 15) is 14.4 Å². The summed E-state index contributed by atoms with van der Waals surface area (Å²) in [6.07, 6.45) is -1.67. The molecular formula is C17H24N2O6. The second-order valence-corrected chi connectivity index (χ2v) is 6.18. The molecule has 8 nitrogen and oxygen atoms in total. The van der Waals surface area contributed by atoms with Crippen LogP contribution in [0.1, 0.15) is 26.3 Å². The molecule has 0 saturated carbocycles. The summed E-state index contributed by atoms with van der Waals surface area (Å²) in [6.45, 7) is 4.59. The van der Waals surface area contributed by atoms with Gasteiger partial charge in [-0.05, 0) is 26.3 Å². The van der Waals surface area contributed by atoms with Crippen molar-refractivity contribution in [2.24, 2.45) is 0 Å². The zero-order valence-electron chi connectivity index (χ0n) is 15.1. The van der Waals surface area contributed by atoms with Gasteiger partial charge in [0.1, 0.15) is 18.8 Å². The Balaban J connectivity index is 2.81. The lowest BCUT2D eigenvalue weighted by Gasteiger charge is -2.31. The van der Waals surface area contributed by atoms with E-state index < -0.39 is 30.3 Å². The van der Waals surface area contributed by atoms with E-state index in [0.717, 1.165) is 15.6 Å². The maximum Gasteiger partial charge on any atom is 0.429 e. The third-order valence-corrected chi connectivity index (χ3v) is 2.94. The highest BCUT2D eigenvalue weighted by atomic mass is 16.6. The van der Waals surface area contributed by atoms with Crippen LogP contribution in [0.2, 0.25) is 0 Å². The van der Waals surface area contributed by atoms with Crippen LogP contribution >= 0.6 is 0 Å². The first kappa shape index (κ1) is 20.3. The van der Waals surface area contributed by atoms with E-state index in [0.29, 0.717) is 0 Å². The Hall–Kier alpha value is -2.77. The number of nitrogens with zero attached hydrogens (tertiary/aromatic N) is 2. The summed E-state index contributed by atoms with van der Waals surface area (Å²) in [5.74, 6) is -0.702. The summed E-state index contributed by atoms with van der Waals surface area (Å²) in [5, 5.41) is 1.71. The minimum Gasteiger partial charge on any atom is -0.468 e. The maximum atomic E-state index is 12.3. The lowest BCUT2D eigenvalue weighted by atomic mass is 10.2. The van der Waals surface area contributed by atoms with Crippen LogP contribution in [0, 0.1) is 0 Å². The average molecular weight is 352 g/mol. The highest BCUT2D eigenvalue weighted by Gasteiger charge is 2.30. The highest BCUT2D eigenvalue weighted by molar-refractivity contribution is 5.80. The van der Waals surface area contributed by atoms with Gasteiger partial charge in [0.05, 0.1) is 7.11 Å². The maximum absolute atomic E-state index is 12.3. The molecule has 2 amide bonds. The number of hydrazine groups is 1. The van der Waals surface area contributed by atoms with Gasteiger partial charge in [-0.15, -0.1) is 0 Å². The minimum atomic E-state index is -0.873. The van der Waals surface area contributed by atoms with Gasteiger partial charge in [-0.2, -0.15) is 0 Å². The molecule has 1 aromatic rings. The summed E-state index contributed by atoms with van der Waals surface area (Å²) in [7, 11) is 2.49. The van der Waals surface area contributed by atoms with Crippen molar-refractivity contribution in [2.45, 2.75) is 33.0 Å². The Kier molecular flexibility index (Phi) is 7.22. The molecule has 0 aliphatic carbocycles. The molecule has 0 aromatic heterocycles. The van der Waals surface area contributed by atoms with E-state index in [1.807, 2.05) is 18.2 Å². The van der Waals surface area contributed by atoms with Crippen molar-refractivity contribution in [3.63, 3.8) is 0 Å². The highest BCUT2D eigenvalue weighted by Crippen LogP contribution is 2.12. The van der Waals surface area contributed by atoms with Gasteiger partial charge in [-0.3, -0.25) is 4.79 Å². The molecule has 0 spiro atoms. The molecular weight excluding hydrogens is 328 g/mol. The van der Waals surface area contributed by atoms with Crippen molar-refractivity contribution >= 4 is 18.2 Å². The molecule has 138 valence electrons. The number of amides is 2. The van der Waals surface area contributed by atoms with Gasteiger partial charge in [-0.1, -0.05) is 30.3 Å². The molecule has 0 bridgehead atoms. The number of hydrogen-bond donors (Lipinski definition) is 0. The molecule has 0 unspecified atom stereocenters. The van der Waals surface area contributed by atoms with Crippen molar-refractivity contribution in [2.75, 3.05) is 20.7 Å². The number of methoxy groups -OCH3 is 1. The van der Waals surface area contributed by atoms with Gasteiger partial charge >= 0.3 is 18.2 Å². The molecule has 0 saturated heterocycles. The van der Waals surface area contributed by atoms with E-state index in [2.05, 4.69) is 4.74 Å². The molecule has 0 N–H and O–H groups in total. The molecule has 8 heteroatoms. The van der Waals surface area contributed by atoms with Crippen LogP contribution in [0.3, 0.4) is 0 Å². The van der Waals surface area contributed by atoms with Gasteiger partial charge < -0.3 is 14.2 Å². The first-order chi connectivity index (χ1) is 11.6. The number of hydrogen-bond acceptors (Lipinski definition) is 6. The molecule has 0 radical (unpaired) electrons. The van der Waals surface area contributed by atoms with E-state index in [1.165, 1.54) is 14.2 Å². The van der Waals surface area contributed by atoms with E-state index in [-0.39, 0.29) is 6.61 Å². The monoisotopic (exact) mass is 352 g/mol. The molecule has 0 atom stereocenters. The molecule has 0 fully saturated rings. The second kappa shape index (κ2) is 8.91. The van der Waals surface area contributed by atoms with Crippen molar-refractivity contribution < 1.29 is 28.6 Å². The van der Waals surface area contributed by atoms with Crippen LogP contribution < -0.4 is 0 Å². The van der Waals surface area contributed by atoms with Crippen molar-refractivity contribution in [1.82, 2.24) is 10.0 Å². The third-order valence-electron chi connectivity index (χ3n) is 2.94. The predicted octanol–water partition coefficient (Wildman–Crippen LogP) is 2.58. The minimum absolute atomic E-state index is 0.000492. The number of ether oxygens (including phenoxy) is 3. The molecule has 1 aromatic carbocycles. The normalized spacial score (nSPS) is 10.6. The van der Waals surface area contributed by atoms with Crippen LogP contribution in [0.25, 0.3) is 0 Å². The van der Waals surface area contributed by atoms with Gasteiger partial charge in [0.15, 0.2) is 0 Å². The number of carbonyl (C=O) groups is 3. The fourth-order valence-corrected chi connectivity index (χ4v) is 1.70. The molecule has 0 aliphatic rings. The van der Waals surface area contributed by atoms with Gasteiger partial charge in [-0.25, -0.2) is 19.6 Å².